The van der Waals surface area contributed by atoms with E-state index in [9.17, 15) is 4.79 Å². The maximum absolute atomic E-state index is 12.4. The first-order chi connectivity index (χ1) is 10.3. The number of carbonyl (C=O) groups excluding carboxylic acids is 1. The number of amides is 1. The molecule has 2 heterocycles. The number of fused-ring (bicyclic) bond motifs is 1. The Bertz CT molecular complexity index is 672. The van der Waals surface area contributed by atoms with E-state index in [0.29, 0.717) is 18.4 Å². The summed E-state index contributed by atoms with van der Waals surface area (Å²) in [6, 6.07) is 14.3. The lowest BCUT2D eigenvalue weighted by Gasteiger charge is -2.10. The molecule has 1 N–H and O–H groups in total. The Hall–Kier alpha value is -2.36. The van der Waals surface area contributed by atoms with Crippen molar-refractivity contribution >= 4 is 5.91 Å². The van der Waals surface area contributed by atoms with Gasteiger partial charge in [0, 0.05) is 23.7 Å². The molecule has 3 unspecified atom stereocenters. The first-order valence-electron chi connectivity index (χ1n) is 7.26. The van der Waals surface area contributed by atoms with Gasteiger partial charge in [-0.05, 0) is 18.1 Å². The first-order valence-corrected chi connectivity index (χ1v) is 7.26. The molecule has 1 fully saturated rings. The van der Waals surface area contributed by atoms with Crippen LogP contribution in [0.2, 0.25) is 0 Å². The van der Waals surface area contributed by atoms with Crippen LogP contribution in [0.5, 0.6) is 5.88 Å². The van der Waals surface area contributed by atoms with E-state index in [0.717, 1.165) is 12.0 Å². The third-order valence-electron chi connectivity index (χ3n) is 4.23. The molecule has 2 aromatic rings. The minimum absolute atomic E-state index is 0.0465. The predicted molar refractivity (Wildman–Crippen MR) is 78.2 cm³/mol. The first kappa shape index (κ1) is 12.4. The third kappa shape index (κ3) is 2.27. The second-order valence-electron chi connectivity index (χ2n) is 5.63. The Morgan fingerprint density at radius 1 is 1.19 bits per heavy atom. The fourth-order valence-corrected chi connectivity index (χ4v) is 2.96. The average molecular weight is 280 g/mol. The summed E-state index contributed by atoms with van der Waals surface area (Å²) in [6.07, 6.45) is 2.70. The van der Waals surface area contributed by atoms with E-state index in [-0.39, 0.29) is 17.9 Å². The van der Waals surface area contributed by atoms with E-state index in [1.165, 1.54) is 5.56 Å². The van der Waals surface area contributed by atoms with Crippen molar-refractivity contribution in [3.8, 4) is 5.88 Å². The fraction of sp³-hybridized carbons (Fsp3) is 0.294. The Kier molecular flexibility index (Phi) is 2.88. The number of nitrogens with zero attached hydrogens (tertiary/aromatic N) is 1. The summed E-state index contributed by atoms with van der Waals surface area (Å²) in [4.78, 5) is 16.6. The molecule has 1 aromatic carbocycles. The van der Waals surface area contributed by atoms with Crippen LogP contribution in [0.1, 0.15) is 29.4 Å². The smallest absolute Gasteiger partial charge is 0.231 e. The number of rotatable bonds is 3. The fourth-order valence-electron chi connectivity index (χ4n) is 2.96. The molecule has 0 bridgehead atoms. The van der Waals surface area contributed by atoms with E-state index in [2.05, 4.69) is 22.4 Å². The number of hydrogen-bond acceptors (Lipinski definition) is 3. The molecule has 21 heavy (non-hydrogen) atoms. The highest BCUT2D eigenvalue weighted by atomic mass is 16.5. The lowest BCUT2D eigenvalue weighted by Crippen LogP contribution is -2.32. The van der Waals surface area contributed by atoms with Crippen LogP contribution in [0, 0.1) is 0 Å². The van der Waals surface area contributed by atoms with Gasteiger partial charge in [0.05, 0.1) is 0 Å². The van der Waals surface area contributed by atoms with Crippen LogP contribution in [0.15, 0.2) is 48.7 Å². The molecule has 3 atom stereocenters. The zero-order valence-electron chi connectivity index (χ0n) is 11.5. The van der Waals surface area contributed by atoms with Gasteiger partial charge < -0.3 is 10.1 Å². The van der Waals surface area contributed by atoms with Crippen LogP contribution in [0.25, 0.3) is 0 Å². The minimum Gasteiger partial charge on any atom is -0.476 e. The lowest BCUT2D eigenvalue weighted by molar-refractivity contribution is -0.122. The third-order valence-corrected chi connectivity index (χ3v) is 4.23. The summed E-state index contributed by atoms with van der Waals surface area (Å²) in [5.41, 5.74) is 2.19. The zero-order chi connectivity index (χ0) is 14.2. The molecule has 1 amide bonds. The Labute approximate surface area is 123 Å². The number of pyridine rings is 1. The van der Waals surface area contributed by atoms with E-state index < -0.39 is 0 Å². The quantitative estimate of drug-likeness (QED) is 0.938. The van der Waals surface area contributed by atoms with Crippen molar-refractivity contribution in [2.24, 2.45) is 0 Å². The average Bonchev–Trinajstić information content (AvgIpc) is 3.15. The molecule has 4 rings (SSSR count). The molecule has 1 aromatic heterocycles. The largest absolute Gasteiger partial charge is 0.476 e. The van der Waals surface area contributed by atoms with Gasteiger partial charge in [-0.2, -0.15) is 0 Å². The molecule has 106 valence electrons. The summed E-state index contributed by atoms with van der Waals surface area (Å²) >= 11 is 0. The van der Waals surface area contributed by atoms with Crippen LogP contribution in [0.4, 0.5) is 0 Å². The standard InChI is InChI=1S/C17H16N2O2/c20-16(14-10-21-17-12(14)7-4-8-18-17)19-15-9-13(15)11-5-2-1-3-6-11/h1-8,13-15H,9-10H2,(H,19,20). The highest BCUT2D eigenvalue weighted by Gasteiger charge is 2.41. The number of ether oxygens (including phenoxy) is 1. The minimum atomic E-state index is -0.231. The molecule has 0 radical (unpaired) electrons. The highest BCUT2D eigenvalue weighted by molar-refractivity contribution is 5.85. The maximum Gasteiger partial charge on any atom is 0.231 e. The number of hydrogen-bond donors (Lipinski definition) is 1. The highest BCUT2D eigenvalue weighted by Crippen LogP contribution is 2.41. The number of nitrogens with one attached hydrogen (secondary N) is 1. The number of aromatic nitrogens is 1. The Morgan fingerprint density at radius 3 is 2.90 bits per heavy atom. The van der Waals surface area contributed by atoms with Crippen molar-refractivity contribution in [3.05, 3.63) is 59.8 Å². The monoisotopic (exact) mass is 280 g/mol. The van der Waals surface area contributed by atoms with Gasteiger partial charge in [-0.15, -0.1) is 0 Å². The summed E-state index contributed by atoms with van der Waals surface area (Å²) in [5.74, 6) is 0.856. The molecule has 0 saturated heterocycles. The second-order valence-corrected chi connectivity index (χ2v) is 5.63. The van der Waals surface area contributed by atoms with Crippen molar-refractivity contribution < 1.29 is 9.53 Å². The van der Waals surface area contributed by atoms with Crippen molar-refractivity contribution in [2.75, 3.05) is 6.61 Å². The van der Waals surface area contributed by atoms with E-state index >= 15 is 0 Å². The van der Waals surface area contributed by atoms with Gasteiger partial charge in [-0.25, -0.2) is 4.98 Å². The molecule has 4 heteroatoms. The summed E-state index contributed by atoms with van der Waals surface area (Å²) < 4.78 is 5.47. The summed E-state index contributed by atoms with van der Waals surface area (Å²) in [5, 5.41) is 3.14. The van der Waals surface area contributed by atoms with Gasteiger partial charge in [0.25, 0.3) is 0 Å². The molecule has 1 aliphatic heterocycles. The maximum atomic E-state index is 12.4. The van der Waals surface area contributed by atoms with Gasteiger partial charge in [0.2, 0.25) is 11.8 Å². The summed E-state index contributed by atoms with van der Waals surface area (Å²) in [6.45, 7) is 0.390. The van der Waals surface area contributed by atoms with E-state index in [1.807, 2.05) is 30.3 Å². The van der Waals surface area contributed by atoms with Crippen LogP contribution < -0.4 is 10.1 Å². The van der Waals surface area contributed by atoms with Gasteiger partial charge in [-0.1, -0.05) is 36.4 Å². The second kappa shape index (κ2) is 4.88. The summed E-state index contributed by atoms with van der Waals surface area (Å²) in [7, 11) is 0. The van der Waals surface area contributed by atoms with Gasteiger partial charge >= 0.3 is 0 Å². The van der Waals surface area contributed by atoms with Crippen molar-refractivity contribution in [1.82, 2.24) is 10.3 Å². The zero-order valence-corrected chi connectivity index (χ0v) is 11.5. The molecule has 4 nitrogen and oxygen atoms in total. The van der Waals surface area contributed by atoms with Crippen LogP contribution in [0.3, 0.4) is 0 Å². The lowest BCUT2D eigenvalue weighted by atomic mass is 10.0. The predicted octanol–water partition coefficient (Wildman–Crippen LogP) is 2.23. The van der Waals surface area contributed by atoms with Gasteiger partial charge in [-0.3, -0.25) is 4.79 Å². The van der Waals surface area contributed by atoms with E-state index in [1.54, 1.807) is 6.20 Å². The normalized spacial score (nSPS) is 25.8. The molecule has 1 aliphatic carbocycles. The van der Waals surface area contributed by atoms with Crippen LogP contribution in [-0.2, 0) is 4.79 Å². The molecular weight excluding hydrogens is 264 g/mol. The van der Waals surface area contributed by atoms with E-state index in [4.69, 9.17) is 4.74 Å². The number of carbonyl (C=O) groups is 1. The van der Waals surface area contributed by atoms with Gasteiger partial charge in [0.15, 0.2) is 0 Å². The van der Waals surface area contributed by atoms with Crippen LogP contribution in [-0.4, -0.2) is 23.5 Å². The molecular formula is C17H16N2O2. The van der Waals surface area contributed by atoms with Gasteiger partial charge in [0.1, 0.15) is 12.5 Å². The topological polar surface area (TPSA) is 51.2 Å². The molecule has 0 spiro atoms. The molecule has 2 aliphatic rings. The Morgan fingerprint density at radius 2 is 2.05 bits per heavy atom. The van der Waals surface area contributed by atoms with Crippen LogP contribution >= 0.6 is 0 Å². The van der Waals surface area contributed by atoms with Crippen molar-refractivity contribution in [2.45, 2.75) is 24.3 Å². The van der Waals surface area contributed by atoms with Crippen molar-refractivity contribution in [1.29, 1.82) is 0 Å². The Balaban J connectivity index is 1.42. The number of benzene rings is 1. The SMILES string of the molecule is O=C(NC1CC1c1ccccc1)C1COc2ncccc21. The molecule has 1 saturated carbocycles. The van der Waals surface area contributed by atoms with Crippen molar-refractivity contribution in [3.63, 3.8) is 0 Å².